The summed E-state index contributed by atoms with van der Waals surface area (Å²) in [5, 5.41) is 2.10. The number of aromatic nitrogens is 2. The van der Waals surface area contributed by atoms with Gasteiger partial charge >= 0.3 is 0 Å². The molecule has 1 saturated heterocycles. The summed E-state index contributed by atoms with van der Waals surface area (Å²) in [5.74, 6) is -0.107. The molecule has 0 bridgehead atoms. The van der Waals surface area contributed by atoms with Gasteiger partial charge in [-0.05, 0) is 41.0 Å². The number of amides is 1. The van der Waals surface area contributed by atoms with Crippen LogP contribution in [0.3, 0.4) is 0 Å². The van der Waals surface area contributed by atoms with E-state index in [1.807, 2.05) is 53.6 Å². The molecule has 1 amide bonds. The predicted molar refractivity (Wildman–Crippen MR) is 141 cm³/mol. The van der Waals surface area contributed by atoms with E-state index >= 15 is 0 Å². The molecule has 0 saturated carbocycles. The highest BCUT2D eigenvalue weighted by molar-refractivity contribution is 6.07. The summed E-state index contributed by atoms with van der Waals surface area (Å²) in [5.41, 5.74) is 2.99. The number of halogens is 1. The van der Waals surface area contributed by atoms with Gasteiger partial charge in [0.05, 0.1) is 50.9 Å². The predicted octanol–water partition coefficient (Wildman–Crippen LogP) is 5.76. The van der Waals surface area contributed by atoms with Gasteiger partial charge in [0.25, 0.3) is 5.91 Å². The third-order valence-electron chi connectivity index (χ3n) is 7.78. The fourth-order valence-electron chi connectivity index (χ4n) is 5.70. The van der Waals surface area contributed by atoms with Gasteiger partial charge in [-0.3, -0.25) is 4.79 Å². The van der Waals surface area contributed by atoms with Crippen LogP contribution in [0.25, 0.3) is 10.8 Å². The molecule has 0 aliphatic carbocycles. The molecule has 1 atom stereocenters. The number of unbranched alkanes of at least 4 members (excludes halogenated alkanes) is 1. The highest BCUT2D eigenvalue weighted by Crippen LogP contribution is 2.34. The highest BCUT2D eigenvalue weighted by Gasteiger charge is 2.42. The third kappa shape index (κ3) is 4.91. The van der Waals surface area contributed by atoms with E-state index in [2.05, 4.69) is 29.0 Å². The van der Waals surface area contributed by atoms with Crippen molar-refractivity contribution in [2.45, 2.75) is 32.2 Å². The lowest BCUT2D eigenvalue weighted by molar-refractivity contribution is -0.960. The summed E-state index contributed by atoms with van der Waals surface area (Å²) in [6, 6.07) is 21.1. The van der Waals surface area contributed by atoms with Crippen LogP contribution in [-0.2, 0) is 6.42 Å². The SMILES string of the molecule is CCCC[N+]1([C@@H](Cc2ccc(F)cc2)c2cnc[nH]2)CCN(C(=O)c2cccc3ccccc23)CC1. The van der Waals surface area contributed by atoms with Gasteiger partial charge in [-0.15, -0.1) is 0 Å². The van der Waals surface area contributed by atoms with Crippen molar-refractivity contribution in [3.05, 3.63) is 102 Å². The number of rotatable bonds is 8. The molecule has 5 nitrogen and oxygen atoms in total. The lowest BCUT2D eigenvalue weighted by Gasteiger charge is -2.49. The first-order chi connectivity index (χ1) is 17.6. The van der Waals surface area contributed by atoms with Crippen LogP contribution < -0.4 is 0 Å². The average Bonchev–Trinajstić information content (AvgIpc) is 3.46. The second-order valence-corrected chi connectivity index (χ2v) is 9.92. The number of fused-ring (bicyclic) bond motifs is 1. The number of imidazole rings is 1. The monoisotopic (exact) mass is 485 g/mol. The molecule has 1 aliphatic rings. The molecule has 4 aromatic rings. The van der Waals surface area contributed by atoms with Gasteiger partial charge in [0.2, 0.25) is 0 Å². The number of nitrogens with zero attached hydrogens (tertiary/aromatic N) is 3. The van der Waals surface area contributed by atoms with Crippen LogP contribution in [-0.4, -0.2) is 58.0 Å². The summed E-state index contributed by atoms with van der Waals surface area (Å²) >= 11 is 0. The summed E-state index contributed by atoms with van der Waals surface area (Å²) in [6.45, 7) is 6.43. The highest BCUT2D eigenvalue weighted by atomic mass is 19.1. The van der Waals surface area contributed by atoms with E-state index in [1.54, 1.807) is 6.33 Å². The Morgan fingerprint density at radius 1 is 1.06 bits per heavy atom. The van der Waals surface area contributed by atoms with Crippen LogP contribution in [0.1, 0.15) is 47.4 Å². The molecule has 1 aliphatic heterocycles. The van der Waals surface area contributed by atoms with E-state index in [0.717, 1.165) is 71.0 Å². The maximum absolute atomic E-state index is 13.6. The number of carbonyl (C=O) groups excluding carboxylic acids is 1. The molecular weight excluding hydrogens is 451 g/mol. The standard InChI is InChI=1S/C30H34FN4O/c1-2-3-17-35(29(28-21-32-22-33-28)20-23-11-13-25(31)14-12-23)18-15-34(16-19-35)30(36)27-10-6-8-24-7-4-5-9-26(24)27/h4-14,21-22,29H,2-3,15-20H2,1H3,(H,32,33)/q+1/t29-/m0/s1. The summed E-state index contributed by atoms with van der Waals surface area (Å²) in [7, 11) is 0. The Balaban J connectivity index is 1.41. The van der Waals surface area contributed by atoms with Crippen molar-refractivity contribution in [2.24, 2.45) is 0 Å². The van der Waals surface area contributed by atoms with Gasteiger partial charge < -0.3 is 14.4 Å². The van der Waals surface area contributed by atoms with E-state index in [4.69, 9.17) is 0 Å². The minimum atomic E-state index is -0.215. The van der Waals surface area contributed by atoms with E-state index < -0.39 is 0 Å². The number of nitrogens with one attached hydrogen (secondary N) is 1. The lowest BCUT2D eigenvalue weighted by atomic mass is 9.96. The van der Waals surface area contributed by atoms with Gasteiger partial charge in [-0.1, -0.05) is 61.9 Å². The smallest absolute Gasteiger partial charge is 0.254 e. The van der Waals surface area contributed by atoms with Gasteiger partial charge in [0.15, 0.2) is 0 Å². The maximum atomic E-state index is 13.6. The van der Waals surface area contributed by atoms with Crippen molar-refractivity contribution in [3.8, 4) is 0 Å². The average molecular weight is 486 g/mol. The molecule has 36 heavy (non-hydrogen) atoms. The number of piperazine rings is 1. The second-order valence-electron chi connectivity index (χ2n) is 9.92. The van der Waals surface area contributed by atoms with Crippen LogP contribution in [0.4, 0.5) is 4.39 Å². The molecule has 0 spiro atoms. The maximum Gasteiger partial charge on any atom is 0.254 e. The van der Waals surface area contributed by atoms with Crippen molar-refractivity contribution in [1.82, 2.24) is 14.9 Å². The minimum absolute atomic E-state index is 0.108. The molecule has 0 unspecified atom stereocenters. The first-order valence-corrected chi connectivity index (χ1v) is 13.0. The van der Waals surface area contributed by atoms with E-state index in [-0.39, 0.29) is 17.8 Å². The third-order valence-corrected chi connectivity index (χ3v) is 7.78. The largest absolute Gasteiger partial charge is 0.344 e. The summed E-state index contributed by atoms with van der Waals surface area (Å²) in [4.78, 5) is 23.3. The number of carbonyl (C=O) groups is 1. The number of quaternary nitrogens is 1. The Hall–Kier alpha value is -3.51. The van der Waals surface area contributed by atoms with Crippen molar-refractivity contribution in [3.63, 3.8) is 0 Å². The zero-order valence-electron chi connectivity index (χ0n) is 20.9. The normalized spacial score (nSPS) is 16.2. The van der Waals surface area contributed by atoms with E-state index in [9.17, 15) is 9.18 Å². The molecule has 6 heteroatoms. The molecule has 186 valence electrons. The van der Waals surface area contributed by atoms with Crippen LogP contribution in [0.15, 0.2) is 79.3 Å². The van der Waals surface area contributed by atoms with Crippen molar-refractivity contribution < 1.29 is 13.7 Å². The molecule has 2 heterocycles. The van der Waals surface area contributed by atoms with Gasteiger partial charge in [-0.2, -0.15) is 0 Å². The summed E-state index contributed by atoms with van der Waals surface area (Å²) < 4.78 is 14.5. The first-order valence-electron chi connectivity index (χ1n) is 13.0. The van der Waals surface area contributed by atoms with Crippen molar-refractivity contribution in [1.29, 1.82) is 0 Å². The number of H-pyrrole nitrogens is 1. The van der Waals surface area contributed by atoms with Gasteiger partial charge in [0, 0.05) is 12.0 Å². The fraction of sp³-hybridized carbons (Fsp3) is 0.333. The van der Waals surface area contributed by atoms with Gasteiger partial charge in [-0.25, -0.2) is 9.37 Å². The Morgan fingerprint density at radius 2 is 1.81 bits per heavy atom. The quantitative estimate of drug-likeness (QED) is 0.323. The second kappa shape index (κ2) is 10.6. The molecular formula is C30H34FN4O+. The van der Waals surface area contributed by atoms with Crippen LogP contribution in [0.5, 0.6) is 0 Å². The molecule has 1 aromatic heterocycles. The number of hydrogen-bond donors (Lipinski definition) is 1. The van der Waals surface area contributed by atoms with Crippen molar-refractivity contribution >= 4 is 16.7 Å². The molecule has 0 radical (unpaired) electrons. The lowest BCUT2D eigenvalue weighted by Crippen LogP contribution is -2.62. The number of hydrogen-bond acceptors (Lipinski definition) is 2. The number of benzene rings is 3. The van der Waals surface area contributed by atoms with E-state index in [0.29, 0.717) is 13.1 Å². The van der Waals surface area contributed by atoms with E-state index in [1.165, 1.54) is 12.1 Å². The topological polar surface area (TPSA) is 49.0 Å². The van der Waals surface area contributed by atoms with Gasteiger partial charge in [0.1, 0.15) is 11.9 Å². The Morgan fingerprint density at radius 3 is 2.53 bits per heavy atom. The van der Waals surface area contributed by atoms with Crippen LogP contribution >= 0.6 is 0 Å². The minimum Gasteiger partial charge on any atom is -0.344 e. The van der Waals surface area contributed by atoms with Crippen molar-refractivity contribution in [2.75, 3.05) is 32.7 Å². The van der Waals surface area contributed by atoms with Crippen LogP contribution in [0.2, 0.25) is 0 Å². The molecule has 1 fully saturated rings. The van der Waals surface area contributed by atoms with Crippen LogP contribution in [0, 0.1) is 5.82 Å². The zero-order chi connectivity index (χ0) is 25.0. The Labute approximate surface area is 212 Å². The molecule has 5 rings (SSSR count). The molecule has 3 aromatic carbocycles. The zero-order valence-corrected chi connectivity index (χ0v) is 20.9. The fourth-order valence-corrected chi connectivity index (χ4v) is 5.70. The Kier molecular flexibility index (Phi) is 7.14. The first kappa shape index (κ1) is 24.2. The Bertz CT molecular complexity index is 1290. The summed E-state index contributed by atoms with van der Waals surface area (Å²) in [6.07, 6.45) is 6.69. The number of aromatic amines is 1. The molecule has 1 N–H and O–H groups in total.